The summed E-state index contributed by atoms with van der Waals surface area (Å²) in [5.41, 5.74) is 1.04. The number of benzene rings is 1. The minimum atomic E-state index is -1.04. The van der Waals surface area contributed by atoms with E-state index in [0.29, 0.717) is 13.0 Å². The van der Waals surface area contributed by atoms with E-state index in [0.717, 1.165) is 56.9 Å². The molecule has 4 saturated carbocycles. The van der Waals surface area contributed by atoms with Crippen molar-refractivity contribution in [2.75, 3.05) is 6.54 Å². The number of aliphatic hydroxyl groups is 1. The maximum atomic E-state index is 14.7. The number of nitrogens with one attached hydrogen (secondary N) is 1. The van der Waals surface area contributed by atoms with E-state index in [1.54, 1.807) is 0 Å². The molecule has 6 rings (SSSR count). The number of amides is 1. The molecule has 0 spiro atoms. The second kappa shape index (κ2) is 11.5. The molecule has 1 amide bonds. The third-order valence-electron chi connectivity index (χ3n) is 15.2. The van der Waals surface area contributed by atoms with Crippen LogP contribution in [0.1, 0.15) is 112 Å². The number of carboxylic acid groups (broad SMARTS) is 1. The largest absolute Gasteiger partial charge is 0.480 e. The van der Waals surface area contributed by atoms with Gasteiger partial charge in [-0.05, 0) is 108 Å². The summed E-state index contributed by atoms with van der Waals surface area (Å²) in [6.07, 6.45) is 9.33. The van der Waals surface area contributed by atoms with Crippen molar-refractivity contribution in [1.29, 1.82) is 0 Å². The maximum Gasteiger partial charge on any atom is 0.322 e. The van der Waals surface area contributed by atoms with Gasteiger partial charge in [0.05, 0.1) is 6.61 Å². The minimum absolute atomic E-state index is 0.0813. The third-order valence-corrected chi connectivity index (χ3v) is 15.2. The molecule has 0 bridgehead atoms. The van der Waals surface area contributed by atoms with Crippen LogP contribution in [0, 0.1) is 56.2 Å². The summed E-state index contributed by atoms with van der Waals surface area (Å²) in [7, 11) is 0. The van der Waals surface area contributed by atoms with Crippen molar-refractivity contribution < 1.29 is 29.3 Å². The number of fused-ring (bicyclic) bond motifs is 7. The van der Waals surface area contributed by atoms with Gasteiger partial charge in [0.2, 0.25) is 5.91 Å². The summed E-state index contributed by atoms with van der Waals surface area (Å²) < 4.78 is 6.13. The van der Waals surface area contributed by atoms with Gasteiger partial charge in [-0.15, -0.1) is 0 Å². The number of carboxylic acids is 1. The Labute approximate surface area is 281 Å². The zero-order chi connectivity index (χ0) is 34.2. The molecule has 0 aromatic heterocycles. The summed E-state index contributed by atoms with van der Waals surface area (Å²) in [4.78, 5) is 39.2. The van der Waals surface area contributed by atoms with Crippen molar-refractivity contribution >= 4 is 17.7 Å². The Morgan fingerprint density at radius 2 is 1.62 bits per heavy atom. The van der Waals surface area contributed by atoms with Crippen LogP contribution in [0.15, 0.2) is 42.0 Å². The van der Waals surface area contributed by atoms with Crippen LogP contribution in [0.3, 0.4) is 0 Å². The van der Waals surface area contributed by atoms with Gasteiger partial charge in [-0.2, -0.15) is 0 Å². The number of hydrogen-bond acceptors (Lipinski definition) is 5. The first kappa shape index (κ1) is 34.4. The van der Waals surface area contributed by atoms with Gasteiger partial charge in [-0.25, -0.2) is 0 Å². The molecule has 1 aromatic rings. The van der Waals surface area contributed by atoms with Gasteiger partial charge in [-0.3, -0.25) is 14.4 Å². The number of carbonyl (C=O) groups is 3. The number of aliphatic hydroxyl groups excluding tert-OH is 1. The summed E-state index contributed by atoms with van der Waals surface area (Å²) in [6, 6.07) is 10.00. The van der Waals surface area contributed by atoms with Crippen molar-refractivity contribution in [3.05, 3.63) is 47.5 Å². The van der Waals surface area contributed by atoms with Crippen molar-refractivity contribution in [1.82, 2.24) is 5.32 Å². The topological polar surface area (TPSA) is 113 Å². The molecule has 0 heterocycles. The number of ketones is 1. The molecular weight excluding hydrogens is 590 g/mol. The van der Waals surface area contributed by atoms with E-state index in [4.69, 9.17) is 9.84 Å². The van der Waals surface area contributed by atoms with E-state index < -0.39 is 17.7 Å². The maximum absolute atomic E-state index is 14.7. The number of carbonyl (C=O) groups excluding carboxylic acids is 2. The predicted molar refractivity (Wildman–Crippen MR) is 181 cm³/mol. The molecule has 1 aromatic carbocycles. The summed E-state index contributed by atoms with van der Waals surface area (Å²) in [5, 5.41) is 23.3. The van der Waals surface area contributed by atoms with Crippen LogP contribution in [0.4, 0.5) is 0 Å². The van der Waals surface area contributed by atoms with Crippen molar-refractivity contribution in [2.24, 2.45) is 56.2 Å². The number of aliphatic carboxylic acids is 1. The fraction of sp³-hybridized carbons (Fsp3) is 0.725. The van der Waals surface area contributed by atoms with Crippen LogP contribution in [0.2, 0.25) is 0 Å². The zero-order valence-electron chi connectivity index (χ0n) is 29.7. The zero-order valence-corrected chi connectivity index (χ0v) is 29.7. The molecule has 7 heteroatoms. The van der Waals surface area contributed by atoms with Gasteiger partial charge < -0.3 is 20.3 Å². The number of hydrogen-bond donors (Lipinski definition) is 3. The Morgan fingerprint density at radius 3 is 2.30 bits per heavy atom. The Kier molecular flexibility index (Phi) is 8.43. The second-order valence-corrected chi connectivity index (χ2v) is 18.0. The summed E-state index contributed by atoms with van der Waals surface area (Å²) >= 11 is 0. The van der Waals surface area contributed by atoms with Crippen molar-refractivity contribution in [2.45, 2.75) is 119 Å². The highest BCUT2D eigenvalue weighted by molar-refractivity contribution is 5.96. The van der Waals surface area contributed by atoms with Crippen molar-refractivity contribution in [3.63, 3.8) is 0 Å². The number of rotatable bonds is 7. The lowest BCUT2D eigenvalue weighted by Gasteiger charge is -2.70. The lowest BCUT2D eigenvalue weighted by Crippen LogP contribution is -2.66. The van der Waals surface area contributed by atoms with Crippen LogP contribution in [0.25, 0.3) is 0 Å². The van der Waals surface area contributed by atoms with Crippen LogP contribution in [0.5, 0.6) is 0 Å². The van der Waals surface area contributed by atoms with E-state index in [1.807, 2.05) is 30.3 Å². The molecule has 5 aliphatic rings. The fourth-order valence-corrected chi connectivity index (χ4v) is 12.1. The van der Waals surface area contributed by atoms with E-state index in [-0.39, 0.29) is 69.0 Å². The van der Waals surface area contributed by atoms with Gasteiger partial charge in [0.1, 0.15) is 6.54 Å². The molecule has 4 fully saturated rings. The lowest BCUT2D eigenvalue weighted by molar-refractivity contribution is -0.211. The minimum Gasteiger partial charge on any atom is -0.480 e. The standard InChI is InChI=1S/C40H57NO6/c1-35(2)26(33(45)41-23-31(43)44)13-15-38(5)30(35)14-16-40(7)32(38)29(42)21-27-28-22-37(4,18-17-36(28,3)19-20-39(27,40)6)34(46)47-24-25-11-9-8-10-12-25/h8-12,21,26,28,30,32,34,46H,13-20,22-24H2,1-7H3,(H,41,45)(H,43,44)/t26-,28?,30?,32-,34?,36?,37+,38+,39-,40?/m1/s1. The molecule has 10 atom stereocenters. The van der Waals surface area contributed by atoms with Crippen LogP contribution >= 0.6 is 0 Å². The molecular formula is C40H57NO6. The van der Waals surface area contributed by atoms with E-state index in [9.17, 15) is 19.5 Å². The van der Waals surface area contributed by atoms with E-state index in [1.165, 1.54) is 5.57 Å². The number of ether oxygens (including phenoxy) is 1. The molecule has 0 radical (unpaired) electrons. The van der Waals surface area contributed by atoms with Crippen molar-refractivity contribution in [3.8, 4) is 0 Å². The molecule has 5 unspecified atom stereocenters. The Balaban J connectivity index is 1.29. The Bertz CT molecular complexity index is 1450. The molecule has 3 N–H and O–H groups in total. The predicted octanol–water partition coefficient (Wildman–Crippen LogP) is 7.32. The highest BCUT2D eigenvalue weighted by Gasteiger charge is 2.70. The summed E-state index contributed by atoms with van der Waals surface area (Å²) in [5.74, 6) is -1.02. The highest BCUT2D eigenvalue weighted by atomic mass is 16.6. The first-order valence-corrected chi connectivity index (χ1v) is 18.0. The molecule has 7 nitrogen and oxygen atoms in total. The first-order chi connectivity index (χ1) is 21.9. The van der Waals surface area contributed by atoms with E-state index in [2.05, 4.69) is 59.9 Å². The normalized spacial score (nSPS) is 42.9. The molecule has 5 aliphatic carbocycles. The SMILES string of the molecule is CC12CC[C@](C)(C(O)OCc3ccccc3)CC1C1=CC(=O)[C@H]3C(C)(CCC4C(C)(C)[C@@H](C(=O)NCC(=O)O)CC[C@@]43C)[C@]1(C)CC2. The smallest absolute Gasteiger partial charge is 0.322 e. The first-order valence-electron chi connectivity index (χ1n) is 18.0. The monoisotopic (exact) mass is 647 g/mol. The Hall–Kier alpha value is -2.51. The van der Waals surface area contributed by atoms with E-state index >= 15 is 0 Å². The lowest BCUT2D eigenvalue weighted by atomic mass is 9.33. The highest BCUT2D eigenvalue weighted by Crippen LogP contribution is 2.75. The van der Waals surface area contributed by atoms with Gasteiger partial charge >= 0.3 is 5.97 Å². The van der Waals surface area contributed by atoms with Gasteiger partial charge in [0.25, 0.3) is 0 Å². The molecule has 0 saturated heterocycles. The average Bonchev–Trinajstić information content (AvgIpc) is 3.00. The van der Waals surface area contributed by atoms with Crippen LogP contribution in [-0.2, 0) is 25.7 Å². The molecule has 258 valence electrons. The molecule has 47 heavy (non-hydrogen) atoms. The quantitative estimate of drug-likeness (QED) is 0.268. The van der Waals surface area contributed by atoms with Crippen LogP contribution < -0.4 is 5.32 Å². The average molecular weight is 648 g/mol. The second-order valence-electron chi connectivity index (χ2n) is 18.0. The molecule has 0 aliphatic heterocycles. The fourth-order valence-electron chi connectivity index (χ4n) is 12.1. The Morgan fingerprint density at radius 1 is 0.936 bits per heavy atom. The van der Waals surface area contributed by atoms with Crippen LogP contribution in [-0.4, -0.2) is 40.7 Å². The number of allylic oxidation sites excluding steroid dienone is 2. The van der Waals surface area contributed by atoms with Gasteiger partial charge in [0, 0.05) is 17.3 Å². The van der Waals surface area contributed by atoms with Gasteiger partial charge in [-0.1, -0.05) is 84.4 Å². The third kappa shape index (κ3) is 5.24. The van der Waals surface area contributed by atoms with Gasteiger partial charge in [0.15, 0.2) is 12.1 Å². The summed E-state index contributed by atoms with van der Waals surface area (Å²) in [6.45, 7) is 16.1.